The molecule has 1 amide bonds. The van der Waals surface area contributed by atoms with Crippen LogP contribution in [0.4, 0.5) is 23.2 Å². The Balaban J connectivity index is 1.38. The Morgan fingerprint density at radius 3 is 2.71 bits per heavy atom. The van der Waals surface area contributed by atoms with Crippen LogP contribution in [0.5, 0.6) is 5.88 Å². The van der Waals surface area contributed by atoms with E-state index in [4.69, 9.17) is 4.74 Å². The second-order valence-corrected chi connectivity index (χ2v) is 8.85. The van der Waals surface area contributed by atoms with E-state index in [2.05, 4.69) is 24.6 Å². The van der Waals surface area contributed by atoms with Gasteiger partial charge in [0.25, 0.3) is 5.91 Å². The van der Waals surface area contributed by atoms with Crippen LogP contribution < -0.4 is 10.1 Å². The Hall–Kier alpha value is -3.19. The second kappa shape index (κ2) is 10.6. The Kier molecular flexibility index (Phi) is 7.55. The average molecular weight is 511 g/mol. The zero-order valence-corrected chi connectivity index (χ0v) is 19.5. The number of amides is 1. The minimum atomic E-state index is -4.57. The molecule has 1 atom stereocenters. The molecule has 1 unspecified atom stereocenters. The minimum Gasteiger partial charge on any atom is -0.473 e. The summed E-state index contributed by atoms with van der Waals surface area (Å²) in [5, 5.41) is 2.76. The molecule has 3 aromatic rings. The van der Waals surface area contributed by atoms with Crippen LogP contribution in [0.25, 0.3) is 0 Å². The van der Waals surface area contributed by atoms with Crippen LogP contribution >= 0.6 is 11.5 Å². The van der Waals surface area contributed by atoms with Crippen molar-refractivity contribution in [2.45, 2.75) is 32.0 Å². The van der Waals surface area contributed by atoms with Crippen molar-refractivity contribution in [3.63, 3.8) is 0 Å². The Morgan fingerprint density at radius 1 is 1.23 bits per heavy atom. The number of carbonyl (C=O) groups excluding carboxylic acids is 1. The van der Waals surface area contributed by atoms with Gasteiger partial charge in [-0.15, -0.1) is 0 Å². The van der Waals surface area contributed by atoms with Crippen molar-refractivity contribution in [2.24, 2.45) is 0 Å². The van der Waals surface area contributed by atoms with Gasteiger partial charge in [0.1, 0.15) is 12.8 Å². The molecule has 4 heterocycles. The highest BCUT2D eigenvalue weighted by Gasteiger charge is 2.33. The van der Waals surface area contributed by atoms with Gasteiger partial charge in [-0.25, -0.2) is 14.4 Å². The molecule has 0 bridgehead atoms. The summed E-state index contributed by atoms with van der Waals surface area (Å²) in [6.45, 7) is 3.09. The summed E-state index contributed by atoms with van der Waals surface area (Å²) >= 11 is 1.08. The molecule has 0 aliphatic carbocycles. The van der Waals surface area contributed by atoms with Gasteiger partial charge < -0.3 is 10.1 Å². The number of carbonyl (C=O) groups is 1. The van der Waals surface area contributed by atoms with Crippen LogP contribution in [0.3, 0.4) is 0 Å². The van der Waals surface area contributed by atoms with Gasteiger partial charge in [-0.1, -0.05) is 0 Å². The van der Waals surface area contributed by atoms with Crippen molar-refractivity contribution in [3.05, 3.63) is 58.2 Å². The number of rotatable bonds is 8. The summed E-state index contributed by atoms with van der Waals surface area (Å²) in [6, 6.07) is 3.30. The first kappa shape index (κ1) is 24.9. The largest absolute Gasteiger partial charge is 0.473 e. The van der Waals surface area contributed by atoms with E-state index in [9.17, 15) is 22.4 Å². The molecule has 1 fully saturated rings. The van der Waals surface area contributed by atoms with Crippen LogP contribution in [-0.2, 0) is 12.6 Å². The predicted molar refractivity (Wildman–Crippen MR) is 120 cm³/mol. The molecule has 1 aliphatic rings. The van der Waals surface area contributed by atoms with Gasteiger partial charge in [0.15, 0.2) is 5.69 Å². The first-order chi connectivity index (χ1) is 16.7. The summed E-state index contributed by atoms with van der Waals surface area (Å²) in [4.78, 5) is 26.9. The molecule has 0 spiro atoms. The van der Waals surface area contributed by atoms with Crippen molar-refractivity contribution in [2.75, 3.05) is 31.6 Å². The van der Waals surface area contributed by atoms with Gasteiger partial charge in [-0.3, -0.25) is 14.7 Å². The smallest absolute Gasteiger partial charge is 0.434 e. The zero-order chi connectivity index (χ0) is 25.0. The summed E-state index contributed by atoms with van der Waals surface area (Å²) in [6.07, 6.45) is -0.547. The first-order valence-electron chi connectivity index (χ1n) is 10.8. The summed E-state index contributed by atoms with van der Waals surface area (Å²) < 4.78 is 60.7. The second-order valence-electron chi connectivity index (χ2n) is 7.99. The lowest BCUT2D eigenvalue weighted by Gasteiger charge is -2.15. The van der Waals surface area contributed by atoms with E-state index < -0.39 is 24.5 Å². The molecule has 1 N–H and O–H groups in total. The van der Waals surface area contributed by atoms with Crippen molar-refractivity contribution >= 4 is 23.1 Å². The molecule has 0 aromatic carbocycles. The number of pyridine rings is 1. The molecule has 1 saturated heterocycles. The lowest BCUT2D eigenvalue weighted by Crippen LogP contribution is -2.26. The average Bonchev–Trinajstić information content (AvgIpc) is 3.41. The van der Waals surface area contributed by atoms with E-state index in [-0.39, 0.29) is 18.2 Å². The molecular formula is C22H22F4N6O2S. The molecule has 0 saturated carbocycles. The number of nitrogens with one attached hydrogen (secondary N) is 1. The van der Waals surface area contributed by atoms with Crippen molar-refractivity contribution < 1.29 is 27.1 Å². The number of alkyl halides is 4. The Morgan fingerprint density at radius 2 is 2.06 bits per heavy atom. The predicted octanol–water partition coefficient (Wildman–Crippen LogP) is 3.92. The number of halogens is 4. The van der Waals surface area contributed by atoms with Gasteiger partial charge in [0.05, 0.1) is 35.0 Å². The highest BCUT2D eigenvalue weighted by Crippen LogP contribution is 2.28. The highest BCUT2D eigenvalue weighted by molar-refractivity contribution is 7.06. The lowest BCUT2D eigenvalue weighted by molar-refractivity contribution is -0.141. The van der Waals surface area contributed by atoms with Crippen LogP contribution in [-0.4, -0.2) is 62.5 Å². The third-order valence-electron chi connectivity index (χ3n) is 5.41. The van der Waals surface area contributed by atoms with Crippen LogP contribution in [0.1, 0.15) is 38.7 Å². The maximum Gasteiger partial charge on any atom is 0.434 e. The number of hydrogen-bond donors (Lipinski definition) is 1. The van der Waals surface area contributed by atoms with E-state index in [1.165, 1.54) is 6.20 Å². The lowest BCUT2D eigenvalue weighted by atomic mass is 10.1. The summed E-state index contributed by atoms with van der Waals surface area (Å²) in [5.41, 5.74) is 0.476. The van der Waals surface area contributed by atoms with Crippen LogP contribution in [0.2, 0.25) is 0 Å². The Labute approximate surface area is 202 Å². The standard InChI is InChI=1S/C22H22F4N6O2S/c1-13-20(17(35-31-13)8-15-10-28-18(11-27-15)22(24,25)26)21(33)30-14-2-3-19(29-9-14)34-16-4-6-32(12-16)7-5-23/h2-3,9-11,16H,4-8,12H2,1H3,(H,30,33). The molecule has 186 valence electrons. The number of likely N-dealkylation sites (tertiary alicyclic amines) is 1. The molecule has 4 rings (SSSR count). The summed E-state index contributed by atoms with van der Waals surface area (Å²) in [5.74, 6) is -0.00992. The molecule has 35 heavy (non-hydrogen) atoms. The quantitative estimate of drug-likeness (QED) is 0.459. The summed E-state index contributed by atoms with van der Waals surface area (Å²) in [7, 11) is 0. The third-order valence-corrected chi connectivity index (χ3v) is 6.34. The van der Waals surface area contributed by atoms with E-state index in [0.717, 1.165) is 30.7 Å². The number of aryl methyl sites for hydroxylation is 1. The van der Waals surface area contributed by atoms with E-state index >= 15 is 0 Å². The molecule has 13 heteroatoms. The molecule has 8 nitrogen and oxygen atoms in total. The van der Waals surface area contributed by atoms with Gasteiger partial charge >= 0.3 is 6.18 Å². The molecule has 0 radical (unpaired) electrons. The highest BCUT2D eigenvalue weighted by atomic mass is 32.1. The topological polar surface area (TPSA) is 93.1 Å². The molecule has 1 aliphatic heterocycles. The molecular weight excluding hydrogens is 488 g/mol. The molecule has 3 aromatic heterocycles. The number of ether oxygens (including phenoxy) is 1. The van der Waals surface area contributed by atoms with Crippen molar-refractivity contribution in [1.82, 2.24) is 24.2 Å². The van der Waals surface area contributed by atoms with E-state index in [1.807, 2.05) is 4.90 Å². The fourth-order valence-electron chi connectivity index (χ4n) is 3.69. The maximum absolute atomic E-state index is 12.9. The van der Waals surface area contributed by atoms with Gasteiger partial charge in [0, 0.05) is 43.2 Å². The number of hydrogen-bond acceptors (Lipinski definition) is 8. The Bertz CT molecular complexity index is 1150. The SMILES string of the molecule is Cc1nsc(Cc2cnc(C(F)(F)F)cn2)c1C(=O)Nc1ccc(OC2CCN(CCF)C2)nc1. The van der Waals surface area contributed by atoms with E-state index in [0.29, 0.717) is 47.0 Å². The normalized spacial score (nSPS) is 16.4. The van der Waals surface area contributed by atoms with Gasteiger partial charge in [0.2, 0.25) is 5.88 Å². The minimum absolute atomic E-state index is 0.0649. The first-order valence-corrected chi connectivity index (χ1v) is 11.6. The fourth-order valence-corrected chi connectivity index (χ4v) is 4.57. The van der Waals surface area contributed by atoms with Gasteiger partial charge in [-0.05, 0) is 30.9 Å². The van der Waals surface area contributed by atoms with Crippen molar-refractivity contribution in [3.8, 4) is 5.88 Å². The number of anilines is 1. The van der Waals surface area contributed by atoms with Crippen molar-refractivity contribution in [1.29, 1.82) is 0 Å². The van der Waals surface area contributed by atoms with Crippen LogP contribution in [0.15, 0.2) is 30.7 Å². The zero-order valence-electron chi connectivity index (χ0n) is 18.7. The number of nitrogens with zero attached hydrogens (tertiary/aromatic N) is 5. The number of aromatic nitrogens is 4. The fraction of sp³-hybridized carbons (Fsp3) is 0.409. The monoisotopic (exact) mass is 510 g/mol. The third kappa shape index (κ3) is 6.28. The maximum atomic E-state index is 12.9. The van der Waals surface area contributed by atoms with Crippen LogP contribution in [0, 0.1) is 6.92 Å². The van der Waals surface area contributed by atoms with Gasteiger partial charge in [-0.2, -0.15) is 17.5 Å². The van der Waals surface area contributed by atoms with E-state index in [1.54, 1.807) is 19.1 Å².